The van der Waals surface area contributed by atoms with Gasteiger partial charge in [0.05, 0.1) is 31.5 Å². The fourth-order valence-corrected chi connectivity index (χ4v) is 3.28. The molecule has 174 valence electrons. The minimum Gasteiger partial charge on any atom is -0.496 e. The first-order valence-corrected chi connectivity index (χ1v) is 10.7. The highest BCUT2D eigenvalue weighted by Gasteiger charge is 2.15. The van der Waals surface area contributed by atoms with Crippen molar-refractivity contribution < 1.29 is 19.4 Å². The summed E-state index contributed by atoms with van der Waals surface area (Å²) in [7, 11) is 1.59. The zero-order valence-electron chi connectivity index (χ0n) is 19.4. The van der Waals surface area contributed by atoms with Gasteiger partial charge in [-0.2, -0.15) is 5.26 Å². The van der Waals surface area contributed by atoms with Crippen molar-refractivity contribution in [1.29, 1.82) is 5.26 Å². The lowest BCUT2D eigenvalue weighted by Gasteiger charge is -2.16. The molecule has 34 heavy (non-hydrogen) atoms. The molecule has 2 aromatic carbocycles. The Morgan fingerprint density at radius 1 is 1.21 bits per heavy atom. The molecule has 0 unspecified atom stereocenters. The standard InChI is InChI=1S/C26H26N4O4/c1-18(2)4-11-23-24(33-3)12-7-20(8-13-25(31)32)26(23)34-17-21-16-30(29-28-21)22-9-5-19(6-10-22)14-15-27/h4-10,12-13,16H,11,14,17H2,1-3H3,(H,31,32)/b13-8-. The number of carboxylic acid groups (broad SMARTS) is 1. The van der Waals surface area contributed by atoms with Gasteiger partial charge in [-0.3, -0.25) is 0 Å². The van der Waals surface area contributed by atoms with Crippen LogP contribution in [-0.2, 0) is 24.2 Å². The van der Waals surface area contributed by atoms with E-state index >= 15 is 0 Å². The summed E-state index contributed by atoms with van der Waals surface area (Å²) in [6.45, 7) is 4.15. The Morgan fingerprint density at radius 2 is 1.97 bits per heavy atom. The molecule has 8 nitrogen and oxygen atoms in total. The van der Waals surface area contributed by atoms with Crippen molar-refractivity contribution in [3.63, 3.8) is 0 Å². The third kappa shape index (κ3) is 6.33. The number of rotatable bonds is 10. The molecular formula is C26H26N4O4. The minimum absolute atomic E-state index is 0.134. The van der Waals surface area contributed by atoms with Gasteiger partial charge in [0.15, 0.2) is 0 Å². The normalized spacial score (nSPS) is 10.6. The highest BCUT2D eigenvalue weighted by atomic mass is 16.5. The molecule has 1 heterocycles. The second-order valence-electron chi connectivity index (χ2n) is 7.77. The molecule has 0 atom stereocenters. The Hall–Kier alpha value is -4.38. The number of carboxylic acids is 1. The van der Waals surface area contributed by atoms with Crippen LogP contribution < -0.4 is 9.47 Å². The molecule has 8 heteroatoms. The maximum Gasteiger partial charge on any atom is 0.328 e. The number of ether oxygens (including phenoxy) is 2. The summed E-state index contributed by atoms with van der Waals surface area (Å²) in [5, 5.41) is 26.3. The van der Waals surface area contributed by atoms with Crippen molar-refractivity contribution in [1.82, 2.24) is 15.0 Å². The molecule has 0 aliphatic rings. The number of carbonyl (C=O) groups is 1. The third-order valence-corrected chi connectivity index (χ3v) is 4.98. The lowest BCUT2D eigenvalue weighted by Crippen LogP contribution is -2.03. The molecule has 3 aromatic rings. The van der Waals surface area contributed by atoms with Crippen LogP contribution in [0.15, 0.2) is 60.3 Å². The molecule has 0 saturated carbocycles. The summed E-state index contributed by atoms with van der Waals surface area (Å²) in [5.74, 6) is 0.141. The largest absolute Gasteiger partial charge is 0.496 e. The third-order valence-electron chi connectivity index (χ3n) is 4.98. The van der Waals surface area contributed by atoms with Gasteiger partial charge < -0.3 is 14.6 Å². The summed E-state index contributed by atoms with van der Waals surface area (Å²) >= 11 is 0. The van der Waals surface area contributed by atoms with Gasteiger partial charge in [0.1, 0.15) is 23.8 Å². The van der Waals surface area contributed by atoms with E-state index in [4.69, 9.17) is 19.8 Å². The molecule has 1 aromatic heterocycles. The van der Waals surface area contributed by atoms with E-state index in [2.05, 4.69) is 22.5 Å². The van der Waals surface area contributed by atoms with Gasteiger partial charge in [-0.05, 0) is 56.2 Å². The van der Waals surface area contributed by atoms with Crippen LogP contribution in [0.2, 0.25) is 0 Å². The molecule has 0 fully saturated rings. The maximum absolute atomic E-state index is 11.1. The number of hydrogen-bond acceptors (Lipinski definition) is 6. The van der Waals surface area contributed by atoms with Crippen LogP contribution in [-0.4, -0.2) is 33.2 Å². The number of nitrogens with zero attached hydrogens (tertiary/aromatic N) is 4. The van der Waals surface area contributed by atoms with E-state index in [9.17, 15) is 4.79 Å². The predicted molar refractivity (Wildman–Crippen MR) is 128 cm³/mol. The van der Waals surface area contributed by atoms with Gasteiger partial charge in [-0.1, -0.05) is 29.0 Å². The minimum atomic E-state index is -1.05. The molecule has 0 saturated heterocycles. The van der Waals surface area contributed by atoms with E-state index in [1.807, 2.05) is 38.1 Å². The smallest absolute Gasteiger partial charge is 0.328 e. The molecule has 0 radical (unpaired) electrons. The summed E-state index contributed by atoms with van der Waals surface area (Å²) < 4.78 is 13.3. The van der Waals surface area contributed by atoms with Crippen LogP contribution in [0, 0.1) is 11.3 Å². The van der Waals surface area contributed by atoms with Crippen molar-refractivity contribution in [2.45, 2.75) is 33.3 Å². The molecule has 0 amide bonds. The van der Waals surface area contributed by atoms with Crippen molar-refractivity contribution in [3.8, 4) is 23.3 Å². The molecule has 0 aliphatic carbocycles. The van der Waals surface area contributed by atoms with E-state index in [1.165, 1.54) is 6.08 Å². The first-order valence-electron chi connectivity index (χ1n) is 10.7. The van der Waals surface area contributed by atoms with Crippen LogP contribution in [0.1, 0.15) is 36.2 Å². The van der Waals surface area contributed by atoms with Crippen LogP contribution in [0.25, 0.3) is 11.8 Å². The second kappa shape index (κ2) is 11.5. The highest BCUT2D eigenvalue weighted by Crippen LogP contribution is 2.35. The highest BCUT2D eigenvalue weighted by molar-refractivity contribution is 5.86. The second-order valence-corrected chi connectivity index (χ2v) is 7.77. The number of hydrogen-bond donors (Lipinski definition) is 1. The van der Waals surface area contributed by atoms with Crippen LogP contribution in [0.3, 0.4) is 0 Å². The number of aliphatic carboxylic acids is 1. The molecule has 0 bridgehead atoms. The van der Waals surface area contributed by atoms with E-state index < -0.39 is 5.97 Å². The van der Waals surface area contributed by atoms with Crippen molar-refractivity contribution in [3.05, 3.63) is 82.7 Å². The average Bonchev–Trinajstić information content (AvgIpc) is 3.29. The Labute approximate surface area is 198 Å². The lowest BCUT2D eigenvalue weighted by molar-refractivity contribution is -0.131. The first kappa shape index (κ1) is 24.3. The van der Waals surface area contributed by atoms with Gasteiger partial charge in [0, 0.05) is 17.2 Å². The number of methoxy groups -OCH3 is 1. The van der Waals surface area contributed by atoms with Crippen molar-refractivity contribution in [2.75, 3.05) is 7.11 Å². The van der Waals surface area contributed by atoms with Gasteiger partial charge in [-0.25, -0.2) is 9.48 Å². The van der Waals surface area contributed by atoms with E-state index in [1.54, 1.807) is 30.1 Å². The zero-order chi connectivity index (χ0) is 24.5. The Balaban J connectivity index is 1.88. The van der Waals surface area contributed by atoms with E-state index in [0.29, 0.717) is 35.6 Å². The van der Waals surface area contributed by atoms with Crippen LogP contribution in [0.5, 0.6) is 11.5 Å². The zero-order valence-corrected chi connectivity index (χ0v) is 19.4. The van der Waals surface area contributed by atoms with Crippen molar-refractivity contribution in [2.24, 2.45) is 0 Å². The molecule has 0 spiro atoms. The van der Waals surface area contributed by atoms with Crippen molar-refractivity contribution >= 4 is 12.0 Å². The summed E-state index contributed by atoms with van der Waals surface area (Å²) in [4.78, 5) is 11.1. The molecule has 3 rings (SSSR count). The Morgan fingerprint density at radius 3 is 2.62 bits per heavy atom. The SMILES string of the molecule is COc1ccc(/C=C\C(=O)O)c(OCc2cn(-c3ccc(CC#N)cc3)nn2)c1CC=C(C)C. The number of aromatic nitrogens is 3. The van der Waals surface area contributed by atoms with E-state index in [0.717, 1.165) is 28.5 Å². The predicted octanol–water partition coefficient (Wildman–Crippen LogP) is 4.53. The van der Waals surface area contributed by atoms with Gasteiger partial charge >= 0.3 is 5.97 Å². The maximum atomic E-state index is 11.1. The topological polar surface area (TPSA) is 110 Å². The fraction of sp³-hybridized carbons (Fsp3) is 0.231. The summed E-state index contributed by atoms with van der Waals surface area (Å²) in [6, 6.07) is 13.2. The molecule has 1 N–H and O–H groups in total. The number of nitriles is 1. The lowest BCUT2D eigenvalue weighted by atomic mass is 10.0. The van der Waals surface area contributed by atoms with Gasteiger partial charge in [0.2, 0.25) is 0 Å². The van der Waals surface area contributed by atoms with E-state index in [-0.39, 0.29) is 6.61 Å². The van der Waals surface area contributed by atoms with Gasteiger partial charge in [-0.15, -0.1) is 5.10 Å². The Kier molecular flexibility index (Phi) is 8.19. The van der Waals surface area contributed by atoms with Gasteiger partial charge in [0.25, 0.3) is 0 Å². The monoisotopic (exact) mass is 458 g/mol. The summed E-state index contributed by atoms with van der Waals surface area (Å²) in [6.07, 6.45) is 7.32. The quantitative estimate of drug-likeness (QED) is 0.351. The first-order chi connectivity index (χ1) is 16.4. The summed E-state index contributed by atoms with van der Waals surface area (Å²) in [5.41, 5.74) is 4.93. The number of allylic oxidation sites excluding steroid dienone is 2. The Bertz CT molecular complexity index is 1250. The van der Waals surface area contributed by atoms with Crippen LogP contribution >= 0.6 is 0 Å². The molecule has 0 aliphatic heterocycles. The molecular weight excluding hydrogens is 432 g/mol. The number of benzene rings is 2. The average molecular weight is 459 g/mol. The van der Waals surface area contributed by atoms with Crippen LogP contribution in [0.4, 0.5) is 0 Å². The fourth-order valence-electron chi connectivity index (χ4n) is 3.28.